The predicted molar refractivity (Wildman–Crippen MR) is 109 cm³/mol. The van der Waals surface area contributed by atoms with Gasteiger partial charge in [-0.25, -0.2) is 9.78 Å². The minimum atomic E-state index is -0.446. The van der Waals surface area contributed by atoms with Crippen molar-refractivity contribution in [3.63, 3.8) is 0 Å². The summed E-state index contributed by atoms with van der Waals surface area (Å²) in [7, 11) is 1.33. The van der Waals surface area contributed by atoms with E-state index >= 15 is 0 Å². The molecule has 150 valence electrons. The molecule has 8 heteroatoms. The molecule has 3 aromatic rings. The number of rotatable bonds is 4. The van der Waals surface area contributed by atoms with E-state index in [0.717, 1.165) is 31.0 Å². The topological polar surface area (TPSA) is 67.2 Å². The van der Waals surface area contributed by atoms with Gasteiger partial charge < -0.3 is 14.0 Å². The fourth-order valence-electron chi connectivity index (χ4n) is 3.51. The Labute approximate surface area is 173 Å². The largest absolute Gasteiger partial charge is 0.465 e. The number of carbonyl (C=O) groups excluding carboxylic acids is 2. The van der Waals surface area contributed by atoms with Crippen molar-refractivity contribution in [2.75, 3.05) is 33.3 Å². The molecule has 0 spiro atoms. The highest BCUT2D eigenvalue weighted by molar-refractivity contribution is 6.30. The summed E-state index contributed by atoms with van der Waals surface area (Å²) in [5.41, 5.74) is 2.71. The van der Waals surface area contributed by atoms with Crippen molar-refractivity contribution in [1.82, 2.24) is 19.2 Å². The first kappa shape index (κ1) is 19.4. The van der Waals surface area contributed by atoms with Crippen LogP contribution in [0, 0.1) is 0 Å². The Kier molecular flexibility index (Phi) is 5.51. The monoisotopic (exact) mass is 412 g/mol. The van der Waals surface area contributed by atoms with Crippen LogP contribution in [0.1, 0.15) is 26.4 Å². The van der Waals surface area contributed by atoms with E-state index in [1.54, 1.807) is 24.3 Å². The van der Waals surface area contributed by atoms with E-state index < -0.39 is 5.97 Å². The van der Waals surface area contributed by atoms with Gasteiger partial charge in [-0.05, 0) is 30.3 Å². The number of nitrogens with zero attached hydrogens (tertiary/aromatic N) is 4. The van der Waals surface area contributed by atoms with E-state index in [1.165, 1.54) is 7.11 Å². The smallest absolute Gasteiger partial charge is 0.337 e. The normalized spacial score (nSPS) is 14.9. The highest BCUT2D eigenvalue weighted by atomic mass is 35.5. The van der Waals surface area contributed by atoms with Crippen LogP contribution >= 0.6 is 11.6 Å². The van der Waals surface area contributed by atoms with Gasteiger partial charge in [-0.1, -0.05) is 17.7 Å². The number of hydrogen-bond acceptors (Lipinski definition) is 5. The number of esters is 1. The third kappa shape index (κ3) is 4.26. The van der Waals surface area contributed by atoms with Gasteiger partial charge in [-0.15, -0.1) is 0 Å². The van der Waals surface area contributed by atoms with Crippen molar-refractivity contribution in [3.05, 3.63) is 70.6 Å². The molecule has 29 heavy (non-hydrogen) atoms. The molecule has 1 amide bonds. The van der Waals surface area contributed by atoms with Crippen LogP contribution in [0.25, 0.3) is 5.65 Å². The number of amides is 1. The number of ether oxygens (including phenoxy) is 1. The van der Waals surface area contributed by atoms with Crippen LogP contribution in [0.5, 0.6) is 0 Å². The quantitative estimate of drug-likeness (QED) is 0.616. The van der Waals surface area contributed by atoms with Gasteiger partial charge in [0.05, 0.1) is 23.4 Å². The van der Waals surface area contributed by atoms with E-state index in [0.29, 0.717) is 29.2 Å². The second-order valence-corrected chi connectivity index (χ2v) is 7.42. The number of halogens is 1. The van der Waals surface area contributed by atoms with Crippen molar-refractivity contribution in [1.29, 1.82) is 0 Å². The molecule has 1 aliphatic rings. The average molecular weight is 413 g/mol. The number of fused-ring (bicyclic) bond motifs is 1. The zero-order valence-electron chi connectivity index (χ0n) is 16.0. The SMILES string of the molecule is COC(=O)c1cccc(C(=O)N2CCN(Cc3cn4cc(Cl)ccc4n3)CC2)c1. The summed E-state index contributed by atoms with van der Waals surface area (Å²) in [6.07, 6.45) is 3.82. The Hall–Kier alpha value is -2.90. The fourth-order valence-corrected chi connectivity index (χ4v) is 3.68. The summed E-state index contributed by atoms with van der Waals surface area (Å²) in [4.78, 5) is 33.2. The minimum Gasteiger partial charge on any atom is -0.465 e. The Morgan fingerprint density at radius 3 is 2.59 bits per heavy atom. The van der Waals surface area contributed by atoms with Crippen LogP contribution < -0.4 is 0 Å². The fraction of sp³-hybridized carbons (Fsp3) is 0.286. The van der Waals surface area contributed by atoms with E-state index in [2.05, 4.69) is 9.88 Å². The van der Waals surface area contributed by atoms with E-state index in [1.807, 2.05) is 33.8 Å². The van der Waals surface area contributed by atoms with Crippen molar-refractivity contribution in [3.8, 4) is 0 Å². The van der Waals surface area contributed by atoms with Gasteiger partial charge in [-0.2, -0.15) is 0 Å². The third-order valence-electron chi connectivity index (χ3n) is 5.04. The molecule has 0 unspecified atom stereocenters. The molecule has 1 aromatic carbocycles. The van der Waals surface area contributed by atoms with Crippen molar-refractivity contribution < 1.29 is 14.3 Å². The van der Waals surface area contributed by atoms with Crippen LogP contribution in [-0.4, -0.2) is 64.3 Å². The van der Waals surface area contributed by atoms with Crippen molar-refractivity contribution in [2.45, 2.75) is 6.54 Å². The summed E-state index contributed by atoms with van der Waals surface area (Å²) < 4.78 is 6.65. The number of hydrogen-bond donors (Lipinski definition) is 0. The van der Waals surface area contributed by atoms with Crippen molar-refractivity contribution >= 4 is 29.1 Å². The molecular weight excluding hydrogens is 392 g/mol. The lowest BCUT2D eigenvalue weighted by Gasteiger charge is -2.34. The molecule has 1 fully saturated rings. The highest BCUT2D eigenvalue weighted by Gasteiger charge is 2.23. The molecule has 3 heterocycles. The van der Waals surface area contributed by atoms with Crippen LogP contribution in [0.4, 0.5) is 0 Å². The first-order valence-corrected chi connectivity index (χ1v) is 9.74. The molecule has 0 atom stereocenters. The summed E-state index contributed by atoms with van der Waals surface area (Å²) in [6.45, 7) is 3.49. The molecule has 7 nitrogen and oxygen atoms in total. The molecule has 0 aliphatic carbocycles. The zero-order chi connectivity index (χ0) is 20.4. The molecule has 4 rings (SSSR count). The lowest BCUT2D eigenvalue weighted by molar-refractivity contribution is 0.0600. The van der Waals surface area contributed by atoms with Crippen LogP contribution in [0.2, 0.25) is 5.02 Å². The lowest BCUT2D eigenvalue weighted by Crippen LogP contribution is -2.48. The third-order valence-corrected chi connectivity index (χ3v) is 5.26. The Morgan fingerprint density at radius 1 is 1.07 bits per heavy atom. The molecule has 0 N–H and O–H groups in total. The Bertz CT molecular complexity index is 1060. The summed E-state index contributed by atoms with van der Waals surface area (Å²) >= 11 is 6.03. The van der Waals surface area contributed by atoms with Gasteiger partial charge >= 0.3 is 5.97 Å². The maximum absolute atomic E-state index is 12.8. The first-order chi connectivity index (χ1) is 14.0. The first-order valence-electron chi connectivity index (χ1n) is 9.36. The molecule has 0 saturated carbocycles. The van der Waals surface area contributed by atoms with Crippen LogP contribution in [-0.2, 0) is 11.3 Å². The molecule has 2 aromatic heterocycles. The summed E-state index contributed by atoms with van der Waals surface area (Å²) in [5.74, 6) is -0.518. The Balaban J connectivity index is 1.37. The maximum Gasteiger partial charge on any atom is 0.337 e. The molecular formula is C21H21ClN4O3. The van der Waals surface area contributed by atoms with Gasteiger partial charge in [0.15, 0.2) is 0 Å². The number of imidazole rings is 1. The predicted octanol–water partition coefficient (Wildman–Crippen LogP) is 2.73. The standard InChI is InChI=1S/C21H21ClN4O3/c1-29-21(28)16-4-2-3-15(11-16)20(27)25-9-7-24(8-10-25)13-18-14-26-12-17(22)5-6-19(26)23-18/h2-6,11-12,14H,7-10,13H2,1H3. The zero-order valence-corrected chi connectivity index (χ0v) is 16.8. The van der Waals surface area contributed by atoms with E-state index in [9.17, 15) is 9.59 Å². The number of piperazine rings is 1. The molecule has 0 radical (unpaired) electrons. The van der Waals surface area contributed by atoms with Gasteiger partial charge in [0.1, 0.15) is 5.65 Å². The highest BCUT2D eigenvalue weighted by Crippen LogP contribution is 2.15. The van der Waals surface area contributed by atoms with Crippen LogP contribution in [0.3, 0.4) is 0 Å². The van der Waals surface area contributed by atoms with Crippen LogP contribution in [0.15, 0.2) is 48.8 Å². The number of carbonyl (C=O) groups is 2. The minimum absolute atomic E-state index is 0.0715. The van der Waals surface area contributed by atoms with Gasteiger partial charge in [-0.3, -0.25) is 9.69 Å². The number of aromatic nitrogens is 2. The lowest BCUT2D eigenvalue weighted by atomic mass is 10.1. The second kappa shape index (κ2) is 8.23. The number of pyridine rings is 1. The van der Waals surface area contributed by atoms with E-state index in [-0.39, 0.29) is 5.91 Å². The average Bonchev–Trinajstić information content (AvgIpc) is 3.14. The van der Waals surface area contributed by atoms with E-state index in [4.69, 9.17) is 16.3 Å². The van der Waals surface area contributed by atoms with Gasteiger partial charge in [0.25, 0.3) is 5.91 Å². The summed E-state index contributed by atoms with van der Waals surface area (Å²) in [5, 5.41) is 0.671. The molecule has 1 aliphatic heterocycles. The number of benzene rings is 1. The Morgan fingerprint density at radius 2 is 1.83 bits per heavy atom. The molecule has 1 saturated heterocycles. The van der Waals surface area contributed by atoms with Gasteiger partial charge in [0, 0.05) is 50.7 Å². The van der Waals surface area contributed by atoms with Gasteiger partial charge in [0.2, 0.25) is 0 Å². The summed E-state index contributed by atoms with van der Waals surface area (Å²) in [6, 6.07) is 10.4. The van der Waals surface area contributed by atoms with Crippen molar-refractivity contribution in [2.24, 2.45) is 0 Å². The maximum atomic E-state index is 12.8. The second-order valence-electron chi connectivity index (χ2n) is 6.99. The number of methoxy groups -OCH3 is 1. The molecule has 0 bridgehead atoms.